The van der Waals surface area contributed by atoms with Gasteiger partial charge in [-0.3, -0.25) is 9.59 Å². The molecule has 20 heavy (non-hydrogen) atoms. The molecule has 0 saturated heterocycles. The first-order chi connectivity index (χ1) is 9.66. The molecular weight excluding hydrogens is 258 g/mol. The van der Waals surface area contributed by atoms with Crippen molar-refractivity contribution in [3.63, 3.8) is 0 Å². The molecule has 1 amide bonds. The molecule has 0 bridgehead atoms. The van der Waals surface area contributed by atoms with Crippen molar-refractivity contribution in [2.45, 2.75) is 31.7 Å². The Labute approximate surface area is 118 Å². The Balaban J connectivity index is 1.93. The zero-order chi connectivity index (χ0) is 14.4. The first kappa shape index (κ1) is 14.4. The van der Waals surface area contributed by atoms with E-state index < -0.39 is 5.97 Å². The van der Waals surface area contributed by atoms with Crippen LogP contribution in [0.2, 0.25) is 0 Å². The molecule has 108 valence electrons. The van der Waals surface area contributed by atoms with Crippen molar-refractivity contribution in [2.75, 3.05) is 13.2 Å². The van der Waals surface area contributed by atoms with Gasteiger partial charge in [0, 0.05) is 6.04 Å². The highest BCUT2D eigenvalue weighted by Crippen LogP contribution is 2.23. The zero-order valence-corrected chi connectivity index (χ0v) is 11.3. The normalized spacial score (nSPS) is 15.0. The van der Waals surface area contributed by atoms with Crippen LogP contribution >= 0.6 is 0 Å². The van der Waals surface area contributed by atoms with Crippen molar-refractivity contribution in [2.24, 2.45) is 0 Å². The smallest absolute Gasteiger partial charge is 0.323 e. The van der Waals surface area contributed by atoms with Gasteiger partial charge in [0.05, 0.1) is 0 Å². The van der Waals surface area contributed by atoms with Crippen molar-refractivity contribution >= 4 is 11.9 Å². The third-order valence-corrected chi connectivity index (χ3v) is 3.50. The maximum atomic E-state index is 12.2. The molecule has 0 atom stereocenters. The Kier molecular flexibility index (Phi) is 4.98. The number of benzene rings is 1. The van der Waals surface area contributed by atoms with Gasteiger partial charge in [-0.25, -0.2) is 0 Å². The van der Waals surface area contributed by atoms with Crippen LogP contribution in [0, 0.1) is 0 Å². The lowest BCUT2D eigenvalue weighted by Gasteiger charge is -2.27. The number of carboxylic acid groups (broad SMARTS) is 1. The van der Waals surface area contributed by atoms with Crippen molar-refractivity contribution in [1.29, 1.82) is 0 Å². The van der Waals surface area contributed by atoms with Gasteiger partial charge in [-0.05, 0) is 25.0 Å². The molecule has 1 aliphatic rings. The van der Waals surface area contributed by atoms with Gasteiger partial charge in [0.1, 0.15) is 12.3 Å². The van der Waals surface area contributed by atoms with E-state index in [1.54, 1.807) is 12.1 Å². The average Bonchev–Trinajstić information content (AvgIpc) is 2.97. The van der Waals surface area contributed by atoms with Gasteiger partial charge in [0.15, 0.2) is 6.61 Å². The molecule has 1 saturated carbocycles. The zero-order valence-electron chi connectivity index (χ0n) is 11.3. The van der Waals surface area contributed by atoms with Crippen LogP contribution in [0.1, 0.15) is 25.7 Å². The van der Waals surface area contributed by atoms with Gasteiger partial charge < -0.3 is 14.7 Å². The van der Waals surface area contributed by atoms with E-state index in [-0.39, 0.29) is 25.1 Å². The summed E-state index contributed by atoms with van der Waals surface area (Å²) in [6, 6.07) is 9.09. The van der Waals surface area contributed by atoms with Crippen LogP contribution in [-0.4, -0.2) is 41.1 Å². The summed E-state index contributed by atoms with van der Waals surface area (Å²) in [6.45, 7) is -0.366. The number of ether oxygens (including phenoxy) is 1. The van der Waals surface area contributed by atoms with Crippen LogP contribution < -0.4 is 4.74 Å². The summed E-state index contributed by atoms with van der Waals surface area (Å²) in [6.07, 6.45) is 3.86. The van der Waals surface area contributed by atoms with Gasteiger partial charge in [0.25, 0.3) is 5.91 Å². The number of nitrogens with zero attached hydrogens (tertiary/aromatic N) is 1. The van der Waals surface area contributed by atoms with E-state index in [4.69, 9.17) is 9.84 Å². The Morgan fingerprint density at radius 3 is 2.45 bits per heavy atom. The number of carboxylic acids is 1. The van der Waals surface area contributed by atoms with Crippen LogP contribution in [0.25, 0.3) is 0 Å². The summed E-state index contributed by atoms with van der Waals surface area (Å²) < 4.78 is 5.41. The summed E-state index contributed by atoms with van der Waals surface area (Å²) in [5, 5.41) is 8.94. The highest BCUT2D eigenvalue weighted by Gasteiger charge is 2.28. The number of rotatable bonds is 6. The predicted octanol–water partition coefficient (Wildman–Crippen LogP) is 1.92. The number of amides is 1. The lowest BCUT2D eigenvalue weighted by atomic mass is 10.2. The SMILES string of the molecule is O=C(O)CN(C(=O)COc1ccccc1)C1CCCC1. The fraction of sp³-hybridized carbons (Fsp3) is 0.467. The second-order valence-electron chi connectivity index (χ2n) is 4.96. The molecule has 1 aromatic carbocycles. The Bertz CT molecular complexity index is 454. The standard InChI is InChI=1S/C15H19NO4/c17-14(11-20-13-8-2-1-3-9-13)16(10-15(18)19)12-6-4-5-7-12/h1-3,8-9,12H,4-7,10-11H2,(H,18,19). The Hall–Kier alpha value is -2.04. The summed E-state index contributed by atoms with van der Waals surface area (Å²) in [4.78, 5) is 24.5. The molecule has 0 radical (unpaired) electrons. The third kappa shape index (κ3) is 3.98. The molecule has 0 heterocycles. The van der Waals surface area contributed by atoms with E-state index >= 15 is 0 Å². The molecule has 2 rings (SSSR count). The first-order valence-electron chi connectivity index (χ1n) is 6.86. The number of aliphatic carboxylic acids is 1. The van der Waals surface area contributed by atoms with Crippen molar-refractivity contribution < 1.29 is 19.4 Å². The minimum absolute atomic E-state index is 0.0398. The predicted molar refractivity (Wildman–Crippen MR) is 73.5 cm³/mol. The summed E-state index contributed by atoms with van der Waals surface area (Å²) >= 11 is 0. The summed E-state index contributed by atoms with van der Waals surface area (Å²) in [5.74, 6) is -0.629. The largest absolute Gasteiger partial charge is 0.484 e. The van der Waals surface area contributed by atoms with E-state index in [0.29, 0.717) is 5.75 Å². The first-order valence-corrected chi connectivity index (χ1v) is 6.86. The maximum absolute atomic E-state index is 12.2. The van der Waals surface area contributed by atoms with E-state index in [2.05, 4.69) is 0 Å². The second-order valence-corrected chi connectivity index (χ2v) is 4.96. The molecule has 1 aliphatic carbocycles. The van der Waals surface area contributed by atoms with Crippen molar-refractivity contribution in [3.8, 4) is 5.75 Å². The number of hydrogen-bond acceptors (Lipinski definition) is 3. The average molecular weight is 277 g/mol. The minimum atomic E-state index is -0.982. The summed E-state index contributed by atoms with van der Waals surface area (Å²) in [5.41, 5.74) is 0. The number of hydrogen-bond donors (Lipinski definition) is 1. The maximum Gasteiger partial charge on any atom is 0.323 e. The van der Waals surface area contributed by atoms with Crippen LogP contribution in [0.3, 0.4) is 0 Å². The molecule has 0 unspecified atom stereocenters. The third-order valence-electron chi connectivity index (χ3n) is 3.50. The molecule has 1 fully saturated rings. The van der Waals surface area contributed by atoms with Gasteiger partial charge in [-0.2, -0.15) is 0 Å². The molecule has 1 aromatic rings. The molecule has 1 N–H and O–H groups in total. The van der Waals surface area contributed by atoms with E-state index in [9.17, 15) is 9.59 Å². The lowest BCUT2D eigenvalue weighted by Crippen LogP contribution is -2.44. The Morgan fingerprint density at radius 1 is 1.20 bits per heavy atom. The minimum Gasteiger partial charge on any atom is -0.484 e. The van der Waals surface area contributed by atoms with Gasteiger partial charge >= 0.3 is 5.97 Å². The topological polar surface area (TPSA) is 66.8 Å². The van der Waals surface area contributed by atoms with Crippen LogP contribution in [0.4, 0.5) is 0 Å². The quantitative estimate of drug-likeness (QED) is 0.862. The van der Waals surface area contributed by atoms with Crippen molar-refractivity contribution in [1.82, 2.24) is 4.90 Å². The van der Waals surface area contributed by atoms with Crippen LogP contribution in [0.15, 0.2) is 30.3 Å². The van der Waals surface area contributed by atoms with Gasteiger partial charge in [0.2, 0.25) is 0 Å². The van der Waals surface area contributed by atoms with E-state index in [0.717, 1.165) is 25.7 Å². The summed E-state index contributed by atoms with van der Waals surface area (Å²) in [7, 11) is 0. The van der Waals surface area contributed by atoms with Gasteiger partial charge in [-0.1, -0.05) is 31.0 Å². The highest BCUT2D eigenvalue weighted by atomic mass is 16.5. The monoisotopic (exact) mass is 277 g/mol. The lowest BCUT2D eigenvalue weighted by molar-refractivity contribution is -0.147. The molecule has 5 nitrogen and oxygen atoms in total. The molecule has 0 spiro atoms. The number of carbonyl (C=O) groups is 2. The molecule has 0 aromatic heterocycles. The van der Waals surface area contributed by atoms with Crippen LogP contribution in [-0.2, 0) is 9.59 Å². The fourth-order valence-corrected chi connectivity index (χ4v) is 2.53. The van der Waals surface area contributed by atoms with Crippen LogP contribution in [0.5, 0.6) is 5.75 Å². The molecular formula is C15H19NO4. The fourth-order valence-electron chi connectivity index (χ4n) is 2.53. The highest BCUT2D eigenvalue weighted by molar-refractivity contribution is 5.82. The van der Waals surface area contributed by atoms with Gasteiger partial charge in [-0.15, -0.1) is 0 Å². The second kappa shape index (κ2) is 6.93. The van der Waals surface area contributed by atoms with E-state index in [1.165, 1.54) is 4.90 Å². The van der Waals surface area contributed by atoms with Crippen molar-refractivity contribution in [3.05, 3.63) is 30.3 Å². The molecule has 0 aliphatic heterocycles. The number of para-hydroxylation sites is 1. The Morgan fingerprint density at radius 2 is 1.85 bits per heavy atom. The number of carbonyl (C=O) groups excluding carboxylic acids is 1. The molecule has 5 heteroatoms. The van der Waals surface area contributed by atoms with E-state index in [1.807, 2.05) is 18.2 Å².